The van der Waals surface area contributed by atoms with Crippen LogP contribution in [-0.4, -0.2) is 41.5 Å². The minimum atomic E-state index is -0.655. The monoisotopic (exact) mass is 404 g/mol. The Morgan fingerprint density at radius 2 is 1.97 bits per heavy atom. The third kappa shape index (κ3) is 4.11. The molecule has 0 bridgehead atoms. The van der Waals surface area contributed by atoms with Gasteiger partial charge in [-0.2, -0.15) is 0 Å². The van der Waals surface area contributed by atoms with Crippen molar-refractivity contribution in [1.29, 1.82) is 0 Å². The number of aromatic nitrogens is 1. The van der Waals surface area contributed by atoms with Gasteiger partial charge in [-0.15, -0.1) is 0 Å². The first-order valence-electron chi connectivity index (χ1n) is 10.7. The van der Waals surface area contributed by atoms with Crippen LogP contribution in [0.4, 0.5) is 0 Å². The Balaban J connectivity index is 1.56. The maximum absolute atomic E-state index is 13.3. The van der Waals surface area contributed by atoms with E-state index in [4.69, 9.17) is 4.74 Å². The van der Waals surface area contributed by atoms with Crippen LogP contribution in [0.15, 0.2) is 60.8 Å². The first-order valence-corrected chi connectivity index (χ1v) is 10.7. The molecule has 156 valence electrons. The number of hydrogen-bond acceptors (Lipinski definition) is 3. The van der Waals surface area contributed by atoms with Crippen molar-refractivity contribution in [2.24, 2.45) is 5.41 Å². The van der Waals surface area contributed by atoms with Crippen LogP contribution >= 0.6 is 0 Å². The van der Waals surface area contributed by atoms with E-state index in [1.165, 1.54) is 5.56 Å². The minimum absolute atomic E-state index is 0.0221. The molecule has 5 nitrogen and oxygen atoms in total. The Morgan fingerprint density at radius 3 is 2.77 bits per heavy atom. The number of aromatic amines is 1. The van der Waals surface area contributed by atoms with E-state index in [-0.39, 0.29) is 11.9 Å². The quantitative estimate of drug-likeness (QED) is 0.612. The number of esters is 1. The lowest BCUT2D eigenvalue weighted by Gasteiger charge is -2.41. The van der Waals surface area contributed by atoms with E-state index in [2.05, 4.69) is 17.1 Å². The van der Waals surface area contributed by atoms with Gasteiger partial charge in [0.2, 0.25) is 0 Å². The molecule has 3 aromatic rings. The van der Waals surface area contributed by atoms with E-state index in [1.807, 2.05) is 60.5 Å². The van der Waals surface area contributed by atoms with Gasteiger partial charge in [-0.25, -0.2) is 0 Å². The van der Waals surface area contributed by atoms with Crippen molar-refractivity contribution in [3.8, 4) is 0 Å². The van der Waals surface area contributed by atoms with Gasteiger partial charge in [0.25, 0.3) is 5.91 Å². The van der Waals surface area contributed by atoms with E-state index in [1.54, 1.807) is 0 Å². The molecular weight excluding hydrogens is 376 g/mol. The fourth-order valence-corrected chi connectivity index (χ4v) is 4.46. The van der Waals surface area contributed by atoms with Gasteiger partial charge < -0.3 is 14.6 Å². The second-order valence-corrected chi connectivity index (χ2v) is 8.10. The number of carbonyl (C=O) groups excluding carboxylic acids is 2. The molecule has 1 aliphatic rings. The number of amides is 1. The van der Waals surface area contributed by atoms with Crippen molar-refractivity contribution in [2.75, 3.05) is 19.7 Å². The average Bonchev–Trinajstić information content (AvgIpc) is 3.26. The van der Waals surface area contributed by atoms with Crippen LogP contribution in [0.2, 0.25) is 0 Å². The zero-order valence-corrected chi connectivity index (χ0v) is 17.4. The standard InChI is InChI=1S/C25H28N2O3/c1-2-30-24(29)25(14-11-19-7-4-3-5-8-19)13-6-16-27(18-25)23(28)21-9-10-22-20(17-21)12-15-26-22/h3-5,7-10,12,15,17,26H,2,6,11,13-14,16,18H2,1H3. The zero-order chi connectivity index (χ0) is 21.0. The number of hydrogen-bond donors (Lipinski definition) is 1. The lowest BCUT2D eigenvalue weighted by atomic mass is 9.75. The molecular formula is C25H28N2O3. The second kappa shape index (κ2) is 8.74. The highest BCUT2D eigenvalue weighted by atomic mass is 16.5. The number of piperidine rings is 1. The van der Waals surface area contributed by atoms with Crippen LogP contribution in [0.3, 0.4) is 0 Å². The van der Waals surface area contributed by atoms with Gasteiger partial charge in [-0.05, 0) is 62.4 Å². The molecule has 2 aromatic carbocycles. The molecule has 30 heavy (non-hydrogen) atoms. The molecule has 5 heteroatoms. The van der Waals surface area contributed by atoms with Gasteiger partial charge in [-0.1, -0.05) is 30.3 Å². The van der Waals surface area contributed by atoms with Gasteiger partial charge in [0.15, 0.2) is 0 Å². The molecule has 1 amide bonds. The first-order chi connectivity index (χ1) is 14.6. The molecule has 1 atom stereocenters. The number of fused-ring (bicyclic) bond motifs is 1. The predicted octanol–water partition coefficient (Wildman–Crippen LogP) is 4.59. The summed E-state index contributed by atoms with van der Waals surface area (Å²) < 4.78 is 5.47. The molecule has 1 saturated heterocycles. The van der Waals surface area contributed by atoms with Crippen LogP contribution in [0, 0.1) is 5.41 Å². The topological polar surface area (TPSA) is 62.4 Å². The third-order valence-corrected chi connectivity index (χ3v) is 6.11. The average molecular weight is 405 g/mol. The van der Waals surface area contributed by atoms with Crippen molar-refractivity contribution in [1.82, 2.24) is 9.88 Å². The number of ether oxygens (including phenoxy) is 1. The molecule has 4 rings (SSSR count). The van der Waals surface area contributed by atoms with Crippen LogP contribution in [-0.2, 0) is 16.0 Å². The van der Waals surface area contributed by atoms with Gasteiger partial charge in [0, 0.05) is 35.8 Å². The molecule has 0 spiro atoms. The molecule has 2 heterocycles. The van der Waals surface area contributed by atoms with E-state index in [0.717, 1.165) is 30.2 Å². The number of nitrogens with zero attached hydrogens (tertiary/aromatic N) is 1. The Hall–Kier alpha value is -3.08. The Bertz CT molecular complexity index is 1030. The van der Waals surface area contributed by atoms with Gasteiger partial charge in [-0.3, -0.25) is 9.59 Å². The number of carbonyl (C=O) groups is 2. The normalized spacial score (nSPS) is 19.0. The summed E-state index contributed by atoms with van der Waals surface area (Å²) in [5.41, 5.74) is 2.21. The highest BCUT2D eigenvalue weighted by Gasteiger charge is 2.44. The predicted molar refractivity (Wildman–Crippen MR) is 117 cm³/mol. The van der Waals surface area contributed by atoms with Crippen LogP contribution < -0.4 is 0 Å². The van der Waals surface area contributed by atoms with Crippen LogP contribution in [0.5, 0.6) is 0 Å². The van der Waals surface area contributed by atoms with Crippen LogP contribution in [0.1, 0.15) is 42.1 Å². The number of H-pyrrole nitrogens is 1. The fourth-order valence-electron chi connectivity index (χ4n) is 4.46. The Kier molecular flexibility index (Phi) is 5.88. The second-order valence-electron chi connectivity index (χ2n) is 8.10. The van der Waals surface area contributed by atoms with Crippen molar-refractivity contribution in [2.45, 2.75) is 32.6 Å². The highest BCUT2D eigenvalue weighted by molar-refractivity contribution is 5.98. The van der Waals surface area contributed by atoms with Crippen molar-refractivity contribution in [3.63, 3.8) is 0 Å². The van der Waals surface area contributed by atoms with Crippen LogP contribution in [0.25, 0.3) is 10.9 Å². The largest absolute Gasteiger partial charge is 0.466 e. The lowest BCUT2D eigenvalue weighted by Crippen LogP contribution is -2.50. The summed E-state index contributed by atoms with van der Waals surface area (Å²) >= 11 is 0. The summed E-state index contributed by atoms with van der Waals surface area (Å²) in [6.45, 7) is 3.25. The number of rotatable bonds is 6. The maximum Gasteiger partial charge on any atom is 0.313 e. The SMILES string of the molecule is CCOC(=O)C1(CCc2ccccc2)CCCN(C(=O)c2ccc3[nH]ccc3c2)C1. The van der Waals surface area contributed by atoms with E-state index in [0.29, 0.717) is 31.7 Å². The number of aryl methyl sites for hydroxylation is 1. The number of benzene rings is 2. The van der Waals surface area contributed by atoms with Crippen molar-refractivity contribution >= 4 is 22.8 Å². The Morgan fingerprint density at radius 1 is 1.13 bits per heavy atom. The summed E-state index contributed by atoms with van der Waals surface area (Å²) in [5, 5.41) is 1.01. The molecule has 1 N–H and O–H groups in total. The molecule has 0 aliphatic carbocycles. The molecule has 1 aromatic heterocycles. The zero-order valence-electron chi connectivity index (χ0n) is 17.4. The molecule has 1 aliphatic heterocycles. The summed E-state index contributed by atoms with van der Waals surface area (Å²) in [7, 11) is 0. The molecule has 0 saturated carbocycles. The van der Waals surface area contributed by atoms with Crippen molar-refractivity contribution < 1.29 is 14.3 Å². The van der Waals surface area contributed by atoms with E-state index < -0.39 is 5.41 Å². The summed E-state index contributed by atoms with van der Waals surface area (Å²) in [5.74, 6) is -0.203. The summed E-state index contributed by atoms with van der Waals surface area (Å²) in [4.78, 5) is 31.3. The molecule has 1 unspecified atom stereocenters. The highest BCUT2D eigenvalue weighted by Crippen LogP contribution is 2.37. The maximum atomic E-state index is 13.3. The lowest BCUT2D eigenvalue weighted by molar-refractivity contribution is -0.159. The Labute approximate surface area is 177 Å². The minimum Gasteiger partial charge on any atom is -0.466 e. The van der Waals surface area contributed by atoms with Gasteiger partial charge in [0.1, 0.15) is 0 Å². The van der Waals surface area contributed by atoms with E-state index in [9.17, 15) is 9.59 Å². The molecule has 1 fully saturated rings. The molecule has 0 radical (unpaired) electrons. The third-order valence-electron chi connectivity index (χ3n) is 6.11. The number of nitrogens with one attached hydrogen (secondary N) is 1. The van der Waals surface area contributed by atoms with E-state index >= 15 is 0 Å². The summed E-state index contributed by atoms with van der Waals surface area (Å²) in [6.07, 6.45) is 4.88. The summed E-state index contributed by atoms with van der Waals surface area (Å²) in [6, 6.07) is 17.8. The first kappa shape index (κ1) is 20.2. The number of likely N-dealkylation sites (tertiary alicyclic amines) is 1. The van der Waals surface area contributed by atoms with Crippen molar-refractivity contribution in [3.05, 3.63) is 71.9 Å². The van der Waals surface area contributed by atoms with Gasteiger partial charge in [0.05, 0.1) is 12.0 Å². The van der Waals surface area contributed by atoms with Gasteiger partial charge >= 0.3 is 5.97 Å². The smallest absolute Gasteiger partial charge is 0.313 e. The fraction of sp³-hybridized carbons (Fsp3) is 0.360.